The highest BCUT2D eigenvalue weighted by Crippen LogP contribution is 2.20. The molecule has 0 aliphatic rings. The van der Waals surface area contributed by atoms with Gasteiger partial charge in [0.2, 0.25) is 6.08 Å². The van der Waals surface area contributed by atoms with E-state index in [0.29, 0.717) is 4.90 Å². The van der Waals surface area contributed by atoms with Gasteiger partial charge in [0.25, 0.3) is 0 Å². The SMILES string of the molecule is O=C=NSc1ccccc1F. The van der Waals surface area contributed by atoms with Crippen molar-refractivity contribution in [2.45, 2.75) is 4.90 Å². The third kappa shape index (κ3) is 2.18. The zero-order valence-electron chi connectivity index (χ0n) is 5.45. The molecule has 0 atom stereocenters. The third-order valence-electron chi connectivity index (χ3n) is 1.02. The standard InChI is InChI=1S/C7H4FNOS/c8-6-3-1-2-4-7(6)11-9-5-10/h1-4H. The lowest BCUT2D eigenvalue weighted by molar-refractivity contribution is 0.566. The van der Waals surface area contributed by atoms with Gasteiger partial charge in [0, 0.05) is 11.9 Å². The second-order valence-corrected chi connectivity index (χ2v) is 2.51. The highest BCUT2D eigenvalue weighted by atomic mass is 32.2. The average molecular weight is 169 g/mol. The Balaban J connectivity index is 2.85. The predicted molar refractivity (Wildman–Crippen MR) is 40.4 cm³/mol. The summed E-state index contributed by atoms with van der Waals surface area (Å²) < 4.78 is 15.9. The molecule has 0 aromatic heterocycles. The van der Waals surface area contributed by atoms with Gasteiger partial charge in [0.05, 0.1) is 4.90 Å². The van der Waals surface area contributed by atoms with E-state index in [2.05, 4.69) is 4.40 Å². The number of rotatable bonds is 2. The Morgan fingerprint density at radius 1 is 1.45 bits per heavy atom. The summed E-state index contributed by atoms with van der Waals surface area (Å²) in [5.74, 6) is -0.378. The van der Waals surface area contributed by atoms with E-state index in [1.807, 2.05) is 0 Å². The molecule has 1 rings (SSSR count). The van der Waals surface area contributed by atoms with Crippen LogP contribution in [0.15, 0.2) is 33.6 Å². The van der Waals surface area contributed by atoms with E-state index in [1.54, 1.807) is 18.2 Å². The highest BCUT2D eigenvalue weighted by molar-refractivity contribution is 7.98. The van der Waals surface area contributed by atoms with Crippen molar-refractivity contribution in [1.82, 2.24) is 0 Å². The monoisotopic (exact) mass is 169 g/mol. The molecule has 0 spiro atoms. The Labute approximate surface area is 67.3 Å². The summed E-state index contributed by atoms with van der Waals surface area (Å²) in [7, 11) is 0. The number of isocyanates is 1. The lowest BCUT2D eigenvalue weighted by atomic mass is 10.4. The molecule has 0 saturated heterocycles. The largest absolute Gasteiger partial charge is 0.247 e. The van der Waals surface area contributed by atoms with E-state index in [9.17, 15) is 9.18 Å². The van der Waals surface area contributed by atoms with Crippen LogP contribution < -0.4 is 0 Å². The van der Waals surface area contributed by atoms with Crippen molar-refractivity contribution in [3.63, 3.8) is 0 Å². The van der Waals surface area contributed by atoms with Crippen molar-refractivity contribution < 1.29 is 9.18 Å². The molecule has 56 valence electrons. The number of halogens is 1. The van der Waals surface area contributed by atoms with Crippen LogP contribution in [-0.2, 0) is 4.79 Å². The molecule has 11 heavy (non-hydrogen) atoms. The van der Waals surface area contributed by atoms with Crippen LogP contribution in [0.2, 0.25) is 0 Å². The first kappa shape index (κ1) is 7.98. The predicted octanol–water partition coefficient (Wildman–Crippen LogP) is 2.17. The van der Waals surface area contributed by atoms with Crippen LogP contribution in [0.5, 0.6) is 0 Å². The van der Waals surface area contributed by atoms with Crippen LogP contribution in [0.3, 0.4) is 0 Å². The molecule has 0 aliphatic heterocycles. The maximum atomic E-state index is 12.7. The lowest BCUT2D eigenvalue weighted by Crippen LogP contribution is -1.75. The quantitative estimate of drug-likeness (QED) is 0.385. The van der Waals surface area contributed by atoms with E-state index in [4.69, 9.17) is 0 Å². The summed E-state index contributed by atoms with van der Waals surface area (Å²) >= 11 is 0.773. The smallest absolute Gasteiger partial charge is 0.210 e. The van der Waals surface area contributed by atoms with Crippen molar-refractivity contribution in [3.05, 3.63) is 30.1 Å². The molecular weight excluding hydrogens is 165 g/mol. The van der Waals surface area contributed by atoms with Crippen molar-refractivity contribution in [3.8, 4) is 0 Å². The summed E-state index contributed by atoms with van der Waals surface area (Å²) in [4.78, 5) is 9.98. The molecule has 0 fully saturated rings. The topological polar surface area (TPSA) is 29.4 Å². The van der Waals surface area contributed by atoms with E-state index >= 15 is 0 Å². The Morgan fingerprint density at radius 3 is 2.82 bits per heavy atom. The molecule has 0 amide bonds. The fourth-order valence-corrected chi connectivity index (χ4v) is 1.02. The van der Waals surface area contributed by atoms with Crippen LogP contribution in [0, 0.1) is 5.82 Å². The molecular formula is C7H4FNOS. The van der Waals surface area contributed by atoms with Crippen LogP contribution in [0.25, 0.3) is 0 Å². The van der Waals surface area contributed by atoms with Gasteiger partial charge < -0.3 is 0 Å². The van der Waals surface area contributed by atoms with Gasteiger partial charge in [-0.15, -0.1) is 4.40 Å². The minimum Gasteiger partial charge on any atom is -0.210 e. The normalized spacial score (nSPS) is 8.82. The van der Waals surface area contributed by atoms with Gasteiger partial charge in [-0.2, -0.15) is 0 Å². The molecule has 0 heterocycles. The molecule has 0 N–H and O–H groups in total. The number of benzene rings is 1. The van der Waals surface area contributed by atoms with Gasteiger partial charge >= 0.3 is 0 Å². The fourth-order valence-electron chi connectivity index (χ4n) is 0.587. The first-order valence-electron chi connectivity index (χ1n) is 2.83. The second kappa shape index (κ2) is 3.91. The number of carbonyl (C=O) groups excluding carboxylic acids is 1. The van der Waals surface area contributed by atoms with Crippen molar-refractivity contribution in [2.75, 3.05) is 0 Å². The van der Waals surface area contributed by atoms with Crippen LogP contribution in [0.1, 0.15) is 0 Å². The minimum absolute atomic E-state index is 0.329. The molecule has 2 nitrogen and oxygen atoms in total. The fraction of sp³-hybridized carbons (Fsp3) is 0. The summed E-state index contributed by atoms with van der Waals surface area (Å²) in [6.07, 6.45) is 1.31. The third-order valence-corrected chi connectivity index (χ3v) is 1.71. The second-order valence-electron chi connectivity index (χ2n) is 1.70. The van der Waals surface area contributed by atoms with Gasteiger partial charge in [-0.1, -0.05) is 12.1 Å². The van der Waals surface area contributed by atoms with Gasteiger partial charge in [0.15, 0.2) is 0 Å². The summed E-state index contributed by atoms with van der Waals surface area (Å²) in [6.45, 7) is 0. The van der Waals surface area contributed by atoms with Gasteiger partial charge in [0.1, 0.15) is 5.82 Å². The Bertz CT molecular complexity index is 296. The number of hydrogen-bond acceptors (Lipinski definition) is 3. The van der Waals surface area contributed by atoms with Gasteiger partial charge in [-0.05, 0) is 12.1 Å². The summed E-state index contributed by atoms with van der Waals surface area (Å²) in [6, 6.07) is 6.10. The molecule has 0 radical (unpaired) electrons. The van der Waals surface area contributed by atoms with E-state index in [0.717, 1.165) is 11.9 Å². The van der Waals surface area contributed by atoms with Gasteiger partial charge in [-0.25, -0.2) is 9.18 Å². The van der Waals surface area contributed by atoms with Crippen molar-refractivity contribution in [2.24, 2.45) is 4.40 Å². The van der Waals surface area contributed by atoms with E-state index < -0.39 is 0 Å². The zero-order valence-corrected chi connectivity index (χ0v) is 6.27. The first-order chi connectivity index (χ1) is 5.34. The Kier molecular flexibility index (Phi) is 2.83. The molecule has 0 saturated carbocycles. The van der Waals surface area contributed by atoms with Crippen LogP contribution in [-0.4, -0.2) is 6.08 Å². The highest BCUT2D eigenvalue weighted by Gasteiger charge is 1.98. The zero-order chi connectivity index (χ0) is 8.10. The summed E-state index contributed by atoms with van der Waals surface area (Å²) in [5.41, 5.74) is 0. The Hall–Kier alpha value is -1.12. The molecule has 1 aromatic carbocycles. The van der Waals surface area contributed by atoms with Gasteiger partial charge in [-0.3, -0.25) is 0 Å². The van der Waals surface area contributed by atoms with Crippen LogP contribution >= 0.6 is 11.9 Å². The Morgan fingerprint density at radius 2 is 2.18 bits per heavy atom. The number of hydrogen-bond donors (Lipinski definition) is 0. The molecule has 4 heteroatoms. The molecule has 0 bridgehead atoms. The molecule has 1 aromatic rings. The van der Waals surface area contributed by atoms with Crippen molar-refractivity contribution in [1.29, 1.82) is 0 Å². The molecule has 0 unspecified atom stereocenters. The van der Waals surface area contributed by atoms with Crippen LogP contribution in [0.4, 0.5) is 4.39 Å². The first-order valence-corrected chi connectivity index (χ1v) is 3.60. The maximum Gasteiger partial charge on any atom is 0.247 e. The number of nitrogens with zero attached hydrogens (tertiary/aromatic N) is 1. The minimum atomic E-state index is -0.378. The lowest BCUT2D eigenvalue weighted by Gasteiger charge is -1.93. The molecule has 0 aliphatic carbocycles. The van der Waals surface area contributed by atoms with E-state index in [-0.39, 0.29) is 5.82 Å². The average Bonchev–Trinajstić information content (AvgIpc) is 2.03. The van der Waals surface area contributed by atoms with Crippen molar-refractivity contribution >= 4 is 18.0 Å². The van der Waals surface area contributed by atoms with E-state index in [1.165, 1.54) is 12.1 Å². The maximum absolute atomic E-state index is 12.7. The summed E-state index contributed by atoms with van der Waals surface area (Å²) in [5, 5.41) is 0.